The fourth-order valence-corrected chi connectivity index (χ4v) is 1.73. The lowest BCUT2D eigenvalue weighted by molar-refractivity contribution is -0.126. The molecule has 0 spiro atoms. The van der Waals surface area contributed by atoms with Gasteiger partial charge in [-0.15, -0.1) is 0 Å². The van der Waals surface area contributed by atoms with Crippen LogP contribution in [0.5, 0.6) is 0 Å². The zero-order valence-corrected chi connectivity index (χ0v) is 11.5. The smallest absolute Gasteiger partial charge is 0.411 e. The molecule has 0 aromatic carbocycles. The maximum Gasteiger partial charge on any atom is 0.411 e. The zero-order chi connectivity index (χ0) is 13.8. The Bertz CT molecular complexity index is 345. The van der Waals surface area contributed by atoms with Crippen molar-refractivity contribution in [1.82, 2.24) is 10.2 Å². The van der Waals surface area contributed by atoms with Gasteiger partial charge in [0, 0.05) is 13.1 Å². The van der Waals surface area contributed by atoms with Gasteiger partial charge in [-0.25, -0.2) is 4.79 Å². The van der Waals surface area contributed by atoms with Gasteiger partial charge in [0.15, 0.2) is 0 Å². The fraction of sp³-hybridized carbons (Fsp3) is 0.692. The van der Waals surface area contributed by atoms with Gasteiger partial charge < -0.3 is 10.1 Å². The molecule has 0 aromatic rings. The number of carbonyl (C=O) groups excluding carboxylic acids is 2. The Kier molecular flexibility index (Phi) is 4.76. The van der Waals surface area contributed by atoms with Crippen molar-refractivity contribution >= 4 is 12.0 Å². The minimum atomic E-state index is -0.552. The summed E-state index contributed by atoms with van der Waals surface area (Å²) in [6, 6.07) is -0.468. The third kappa shape index (κ3) is 4.05. The summed E-state index contributed by atoms with van der Waals surface area (Å²) in [6.07, 6.45) is 3.88. The fourth-order valence-electron chi connectivity index (χ4n) is 1.73. The summed E-state index contributed by atoms with van der Waals surface area (Å²) in [4.78, 5) is 25.4. The van der Waals surface area contributed by atoms with E-state index in [0.717, 1.165) is 0 Å². The van der Waals surface area contributed by atoms with Gasteiger partial charge in [-0.05, 0) is 34.1 Å². The molecular weight excluding hydrogens is 232 g/mol. The van der Waals surface area contributed by atoms with Crippen LogP contribution in [0.1, 0.15) is 34.1 Å². The van der Waals surface area contributed by atoms with Crippen LogP contribution in [0.3, 0.4) is 0 Å². The molecule has 102 valence electrons. The molecule has 1 atom stereocenters. The first-order valence-corrected chi connectivity index (χ1v) is 6.27. The van der Waals surface area contributed by atoms with Crippen LogP contribution in [0.4, 0.5) is 4.79 Å². The number of hydrogen-bond acceptors (Lipinski definition) is 3. The summed E-state index contributed by atoms with van der Waals surface area (Å²) in [5, 5.41) is 2.74. The van der Waals surface area contributed by atoms with Crippen LogP contribution in [0.15, 0.2) is 12.2 Å². The second-order valence-corrected chi connectivity index (χ2v) is 5.25. The summed E-state index contributed by atoms with van der Waals surface area (Å²) < 4.78 is 5.31. The van der Waals surface area contributed by atoms with E-state index in [-0.39, 0.29) is 5.91 Å². The molecule has 1 rings (SSSR count). The second kappa shape index (κ2) is 5.89. The van der Waals surface area contributed by atoms with Crippen molar-refractivity contribution in [3.63, 3.8) is 0 Å². The molecule has 5 heteroatoms. The van der Waals surface area contributed by atoms with Crippen LogP contribution in [0.2, 0.25) is 0 Å². The zero-order valence-electron chi connectivity index (χ0n) is 11.5. The molecule has 1 aliphatic rings. The number of nitrogens with zero attached hydrogens (tertiary/aromatic N) is 1. The molecule has 0 saturated carbocycles. The number of amides is 2. The molecule has 0 radical (unpaired) electrons. The molecule has 5 nitrogen and oxygen atoms in total. The first kappa shape index (κ1) is 14.5. The Morgan fingerprint density at radius 2 is 2.06 bits per heavy atom. The Morgan fingerprint density at radius 3 is 2.61 bits per heavy atom. The minimum Gasteiger partial charge on any atom is -0.444 e. The molecule has 1 N–H and O–H groups in total. The Morgan fingerprint density at radius 1 is 1.39 bits per heavy atom. The monoisotopic (exact) mass is 254 g/mol. The van der Waals surface area contributed by atoms with Gasteiger partial charge in [-0.2, -0.15) is 0 Å². The van der Waals surface area contributed by atoms with Crippen molar-refractivity contribution in [1.29, 1.82) is 0 Å². The Hall–Kier alpha value is -1.52. The highest BCUT2D eigenvalue weighted by atomic mass is 16.6. The maximum atomic E-state index is 12.0. The minimum absolute atomic E-state index is 0.132. The predicted molar refractivity (Wildman–Crippen MR) is 69.2 cm³/mol. The van der Waals surface area contributed by atoms with Gasteiger partial charge >= 0.3 is 6.09 Å². The van der Waals surface area contributed by atoms with E-state index in [2.05, 4.69) is 5.32 Å². The summed E-state index contributed by atoms with van der Waals surface area (Å²) in [5.74, 6) is -0.132. The van der Waals surface area contributed by atoms with Crippen LogP contribution in [-0.2, 0) is 9.53 Å². The summed E-state index contributed by atoms with van der Waals surface area (Å²) in [6.45, 7) is 8.26. The lowest BCUT2D eigenvalue weighted by Gasteiger charge is -2.33. The number of rotatable bonds is 2. The van der Waals surface area contributed by atoms with Gasteiger partial charge in [-0.3, -0.25) is 9.69 Å². The average Bonchev–Trinajstić information content (AvgIpc) is 2.27. The molecule has 1 heterocycles. The van der Waals surface area contributed by atoms with Crippen molar-refractivity contribution in [3.05, 3.63) is 12.2 Å². The van der Waals surface area contributed by atoms with Crippen LogP contribution in [-0.4, -0.2) is 41.6 Å². The third-order valence-electron chi connectivity index (χ3n) is 2.49. The van der Waals surface area contributed by atoms with E-state index >= 15 is 0 Å². The highest BCUT2D eigenvalue weighted by Gasteiger charge is 2.32. The Balaban J connectivity index is 2.74. The highest BCUT2D eigenvalue weighted by Crippen LogP contribution is 2.16. The number of likely N-dealkylation sites (N-methyl/N-ethyl adjacent to an activating group) is 1. The van der Waals surface area contributed by atoms with Crippen molar-refractivity contribution < 1.29 is 14.3 Å². The van der Waals surface area contributed by atoms with Crippen molar-refractivity contribution in [2.75, 3.05) is 13.1 Å². The standard InChI is InChI=1S/C13H22N2O3/c1-5-14-11(16)10-8-6-7-9-15(10)12(17)18-13(2,3)4/h6-7,10H,5,8-9H2,1-4H3,(H,14,16). The van der Waals surface area contributed by atoms with E-state index in [1.807, 2.05) is 39.8 Å². The van der Waals surface area contributed by atoms with Gasteiger partial charge in [0.2, 0.25) is 5.91 Å². The number of ether oxygens (including phenoxy) is 1. The van der Waals surface area contributed by atoms with E-state index in [1.54, 1.807) is 0 Å². The van der Waals surface area contributed by atoms with Gasteiger partial charge in [0.25, 0.3) is 0 Å². The molecule has 0 fully saturated rings. The molecule has 1 aliphatic heterocycles. The molecule has 18 heavy (non-hydrogen) atoms. The maximum absolute atomic E-state index is 12.0. The first-order valence-electron chi connectivity index (χ1n) is 6.27. The van der Waals surface area contributed by atoms with Gasteiger partial charge in [0.1, 0.15) is 11.6 Å². The molecule has 0 aromatic heterocycles. The van der Waals surface area contributed by atoms with E-state index in [0.29, 0.717) is 19.5 Å². The van der Waals surface area contributed by atoms with Gasteiger partial charge in [0.05, 0.1) is 0 Å². The van der Waals surface area contributed by atoms with E-state index < -0.39 is 17.7 Å². The predicted octanol–water partition coefficient (Wildman–Crippen LogP) is 1.69. The van der Waals surface area contributed by atoms with E-state index in [1.165, 1.54) is 4.90 Å². The lowest BCUT2D eigenvalue weighted by Crippen LogP contribution is -2.52. The Labute approximate surface area is 108 Å². The molecule has 0 aliphatic carbocycles. The van der Waals surface area contributed by atoms with Gasteiger partial charge in [-0.1, -0.05) is 12.2 Å². The topological polar surface area (TPSA) is 58.6 Å². The number of carbonyl (C=O) groups is 2. The van der Waals surface area contributed by atoms with Crippen molar-refractivity contribution in [2.24, 2.45) is 0 Å². The SMILES string of the molecule is CCNC(=O)C1CC=CCN1C(=O)OC(C)(C)C. The third-order valence-corrected chi connectivity index (χ3v) is 2.49. The van der Waals surface area contributed by atoms with Crippen molar-refractivity contribution in [3.8, 4) is 0 Å². The first-order chi connectivity index (χ1) is 8.35. The number of hydrogen-bond donors (Lipinski definition) is 1. The lowest BCUT2D eigenvalue weighted by atomic mass is 10.1. The highest BCUT2D eigenvalue weighted by molar-refractivity contribution is 5.86. The molecule has 1 unspecified atom stereocenters. The summed E-state index contributed by atoms with van der Waals surface area (Å²) >= 11 is 0. The van der Waals surface area contributed by atoms with Crippen LogP contribution >= 0.6 is 0 Å². The van der Waals surface area contributed by atoms with Crippen molar-refractivity contribution in [2.45, 2.75) is 45.8 Å². The van der Waals surface area contributed by atoms with Crippen LogP contribution in [0, 0.1) is 0 Å². The number of nitrogens with one attached hydrogen (secondary N) is 1. The van der Waals surface area contributed by atoms with E-state index in [9.17, 15) is 9.59 Å². The normalized spacial score (nSPS) is 19.6. The molecular formula is C13H22N2O3. The summed E-state index contributed by atoms with van der Waals surface area (Å²) in [5.41, 5.74) is -0.552. The summed E-state index contributed by atoms with van der Waals surface area (Å²) in [7, 11) is 0. The van der Waals surface area contributed by atoms with Crippen LogP contribution in [0.25, 0.3) is 0 Å². The van der Waals surface area contributed by atoms with E-state index in [4.69, 9.17) is 4.74 Å². The molecule has 2 amide bonds. The second-order valence-electron chi connectivity index (χ2n) is 5.25. The molecule has 0 saturated heterocycles. The largest absolute Gasteiger partial charge is 0.444 e. The van der Waals surface area contributed by atoms with Crippen LogP contribution < -0.4 is 5.32 Å². The quantitative estimate of drug-likeness (QED) is 0.763. The average molecular weight is 254 g/mol. The molecule has 0 bridgehead atoms.